The lowest BCUT2D eigenvalue weighted by atomic mass is 9.98. The molecule has 0 N–H and O–H groups in total. The van der Waals surface area contributed by atoms with Crippen LogP contribution in [0.25, 0.3) is 0 Å². The van der Waals surface area contributed by atoms with Crippen molar-refractivity contribution in [3.8, 4) is 0 Å². The molecule has 0 bridgehead atoms. The van der Waals surface area contributed by atoms with Gasteiger partial charge < -0.3 is 0 Å². The second-order valence-corrected chi connectivity index (χ2v) is 4.61. The first-order chi connectivity index (χ1) is 6.84. The van der Waals surface area contributed by atoms with Crippen LogP contribution in [0.3, 0.4) is 0 Å². The number of unbranched alkanes of at least 4 members (excludes halogenated alkanes) is 5. The van der Waals surface area contributed by atoms with E-state index in [0.717, 1.165) is 12.8 Å². The highest BCUT2D eigenvalue weighted by Gasteiger charge is 2.23. The molecule has 14 heavy (non-hydrogen) atoms. The van der Waals surface area contributed by atoms with E-state index in [1.54, 1.807) is 0 Å². The Labute approximate surface area is 88.3 Å². The maximum Gasteiger partial charge on any atom is 0.135 e. The van der Waals surface area contributed by atoms with Gasteiger partial charge in [-0.25, -0.2) is 0 Å². The van der Waals surface area contributed by atoms with Crippen molar-refractivity contribution in [3.63, 3.8) is 0 Å². The first-order valence-corrected chi connectivity index (χ1v) is 6.37. The molecule has 0 heterocycles. The van der Waals surface area contributed by atoms with E-state index in [9.17, 15) is 4.79 Å². The molecular formula is C13H24O. The molecule has 82 valence electrons. The zero-order valence-corrected chi connectivity index (χ0v) is 9.56. The van der Waals surface area contributed by atoms with Crippen molar-refractivity contribution >= 4 is 5.78 Å². The van der Waals surface area contributed by atoms with Crippen LogP contribution >= 0.6 is 0 Å². The Morgan fingerprint density at radius 2 is 1.86 bits per heavy atom. The summed E-state index contributed by atoms with van der Waals surface area (Å²) in [4.78, 5) is 11.3. The van der Waals surface area contributed by atoms with Gasteiger partial charge in [-0.2, -0.15) is 0 Å². The lowest BCUT2D eigenvalue weighted by Gasteiger charge is -2.06. The van der Waals surface area contributed by atoms with Crippen LogP contribution in [-0.4, -0.2) is 5.78 Å². The Kier molecular flexibility index (Phi) is 5.89. The summed E-state index contributed by atoms with van der Waals surface area (Å²) in [5.41, 5.74) is 0. The Balaban J connectivity index is 1.90. The highest BCUT2D eigenvalue weighted by molar-refractivity contribution is 5.82. The van der Waals surface area contributed by atoms with Gasteiger partial charge in [0.1, 0.15) is 5.78 Å². The summed E-state index contributed by atoms with van der Waals surface area (Å²) in [7, 11) is 0. The summed E-state index contributed by atoms with van der Waals surface area (Å²) >= 11 is 0. The highest BCUT2D eigenvalue weighted by atomic mass is 16.1. The van der Waals surface area contributed by atoms with Crippen molar-refractivity contribution in [2.75, 3.05) is 0 Å². The molecule has 0 aromatic carbocycles. The van der Waals surface area contributed by atoms with Gasteiger partial charge in [0, 0.05) is 12.3 Å². The molecule has 1 aliphatic carbocycles. The van der Waals surface area contributed by atoms with Crippen LogP contribution in [0.2, 0.25) is 0 Å². The van der Waals surface area contributed by atoms with Gasteiger partial charge in [-0.1, -0.05) is 45.4 Å². The highest BCUT2D eigenvalue weighted by Crippen LogP contribution is 2.26. The van der Waals surface area contributed by atoms with E-state index < -0.39 is 0 Å². The third kappa shape index (κ3) is 4.26. The zero-order chi connectivity index (χ0) is 10.2. The molecule has 1 rings (SSSR count). The SMILES string of the molecule is CCCCCCCCC1CCCC1=O. The number of ketones is 1. The maximum absolute atomic E-state index is 11.3. The third-order valence-electron chi connectivity index (χ3n) is 3.34. The van der Waals surface area contributed by atoms with Crippen molar-refractivity contribution in [1.82, 2.24) is 0 Å². The zero-order valence-electron chi connectivity index (χ0n) is 9.56. The molecule has 0 spiro atoms. The second kappa shape index (κ2) is 7.03. The Morgan fingerprint density at radius 3 is 2.50 bits per heavy atom. The van der Waals surface area contributed by atoms with Crippen LogP contribution in [0, 0.1) is 5.92 Å². The molecule has 1 atom stereocenters. The molecule has 0 saturated heterocycles. The smallest absolute Gasteiger partial charge is 0.135 e. The summed E-state index contributed by atoms with van der Waals surface area (Å²) in [6.07, 6.45) is 12.4. The molecule has 1 nitrogen and oxygen atoms in total. The number of carbonyl (C=O) groups is 1. The largest absolute Gasteiger partial charge is 0.299 e. The topological polar surface area (TPSA) is 17.1 Å². The fourth-order valence-electron chi connectivity index (χ4n) is 2.36. The van der Waals surface area contributed by atoms with E-state index in [4.69, 9.17) is 0 Å². The monoisotopic (exact) mass is 196 g/mol. The molecule has 0 radical (unpaired) electrons. The van der Waals surface area contributed by atoms with Crippen LogP contribution in [0.5, 0.6) is 0 Å². The maximum atomic E-state index is 11.3. The Bertz CT molecular complexity index is 163. The normalized spacial score (nSPS) is 21.8. The molecular weight excluding hydrogens is 172 g/mol. The predicted molar refractivity (Wildman–Crippen MR) is 60.3 cm³/mol. The fraction of sp³-hybridized carbons (Fsp3) is 0.923. The van der Waals surface area contributed by atoms with E-state index in [1.165, 1.54) is 51.4 Å². The van der Waals surface area contributed by atoms with Gasteiger partial charge in [0.05, 0.1) is 0 Å². The molecule has 1 saturated carbocycles. The molecule has 0 aromatic rings. The van der Waals surface area contributed by atoms with Crippen molar-refractivity contribution in [2.45, 2.75) is 71.1 Å². The number of carbonyl (C=O) groups excluding carboxylic acids is 1. The molecule has 1 aliphatic rings. The average Bonchev–Trinajstić information content (AvgIpc) is 2.58. The van der Waals surface area contributed by atoms with E-state index in [-0.39, 0.29) is 0 Å². The molecule has 1 heteroatoms. The van der Waals surface area contributed by atoms with E-state index in [2.05, 4.69) is 6.92 Å². The summed E-state index contributed by atoms with van der Waals surface area (Å²) in [5, 5.41) is 0. The molecule has 1 fully saturated rings. The lowest BCUT2D eigenvalue weighted by molar-refractivity contribution is -0.120. The van der Waals surface area contributed by atoms with Crippen LogP contribution in [0.4, 0.5) is 0 Å². The van der Waals surface area contributed by atoms with Gasteiger partial charge in [0.2, 0.25) is 0 Å². The summed E-state index contributed by atoms with van der Waals surface area (Å²) in [5.74, 6) is 0.986. The van der Waals surface area contributed by atoms with E-state index >= 15 is 0 Å². The van der Waals surface area contributed by atoms with Crippen molar-refractivity contribution < 1.29 is 4.79 Å². The van der Waals surface area contributed by atoms with Gasteiger partial charge in [-0.05, 0) is 19.3 Å². The van der Waals surface area contributed by atoms with Gasteiger partial charge >= 0.3 is 0 Å². The third-order valence-corrected chi connectivity index (χ3v) is 3.34. The summed E-state index contributed by atoms with van der Waals surface area (Å²) in [6.45, 7) is 2.25. The van der Waals surface area contributed by atoms with Crippen LogP contribution in [-0.2, 0) is 4.79 Å². The number of Topliss-reactive ketones (excluding diaryl/α,β-unsaturated/α-hetero) is 1. The number of hydrogen-bond acceptors (Lipinski definition) is 1. The van der Waals surface area contributed by atoms with Crippen molar-refractivity contribution in [1.29, 1.82) is 0 Å². The Morgan fingerprint density at radius 1 is 1.14 bits per heavy atom. The second-order valence-electron chi connectivity index (χ2n) is 4.61. The molecule has 0 amide bonds. The number of rotatable bonds is 7. The Hall–Kier alpha value is -0.330. The minimum absolute atomic E-state index is 0.446. The predicted octanol–water partition coefficient (Wildman–Crippen LogP) is 4.11. The van der Waals surface area contributed by atoms with Crippen LogP contribution in [0.1, 0.15) is 71.1 Å². The minimum Gasteiger partial charge on any atom is -0.299 e. The van der Waals surface area contributed by atoms with E-state index in [0.29, 0.717) is 11.7 Å². The summed E-state index contributed by atoms with van der Waals surface area (Å²) in [6, 6.07) is 0. The first kappa shape index (κ1) is 11.7. The summed E-state index contributed by atoms with van der Waals surface area (Å²) < 4.78 is 0. The van der Waals surface area contributed by atoms with Crippen molar-refractivity contribution in [2.24, 2.45) is 5.92 Å². The van der Waals surface area contributed by atoms with Gasteiger partial charge in [-0.15, -0.1) is 0 Å². The fourth-order valence-corrected chi connectivity index (χ4v) is 2.36. The van der Waals surface area contributed by atoms with Crippen LogP contribution < -0.4 is 0 Å². The standard InChI is InChI=1S/C13H24O/c1-2-3-4-5-6-7-9-12-10-8-11-13(12)14/h12H,2-11H2,1H3. The molecule has 0 aliphatic heterocycles. The van der Waals surface area contributed by atoms with Gasteiger partial charge in [0.15, 0.2) is 0 Å². The van der Waals surface area contributed by atoms with Crippen LogP contribution in [0.15, 0.2) is 0 Å². The van der Waals surface area contributed by atoms with Crippen molar-refractivity contribution in [3.05, 3.63) is 0 Å². The quantitative estimate of drug-likeness (QED) is 0.560. The molecule has 1 unspecified atom stereocenters. The van der Waals surface area contributed by atoms with Gasteiger partial charge in [-0.3, -0.25) is 4.79 Å². The average molecular weight is 196 g/mol. The first-order valence-electron chi connectivity index (χ1n) is 6.37. The number of hydrogen-bond donors (Lipinski definition) is 0. The molecule has 0 aromatic heterocycles. The minimum atomic E-state index is 0.446. The lowest BCUT2D eigenvalue weighted by Crippen LogP contribution is -2.05. The van der Waals surface area contributed by atoms with Gasteiger partial charge in [0.25, 0.3) is 0 Å². The van der Waals surface area contributed by atoms with E-state index in [1.807, 2.05) is 0 Å².